The van der Waals surface area contributed by atoms with Gasteiger partial charge in [0.15, 0.2) is 0 Å². The molecule has 0 saturated carbocycles. The Hall–Kier alpha value is -0.580. The van der Waals surface area contributed by atoms with Crippen molar-refractivity contribution in [2.75, 3.05) is 20.2 Å². The van der Waals surface area contributed by atoms with Crippen molar-refractivity contribution < 1.29 is 14.3 Å². The average molecular weight is 292 g/mol. The molecule has 1 aliphatic heterocycles. The van der Waals surface area contributed by atoms with Crippen molar-refractivity contribution in [3.63, 3.8) is 0 Å². The van der Waals surface area contributed by atoms with Gasteiger partial charge in [0.05, 0.1) is 17.9 Å². The molecule has 1 atom stereocenters. The number of carbonyl (C=O) groups excluding carboxylic acids is 2. The highest BCUT2D eigenvalue weighted by Gasteiger charge is 2.29. The Labute approximate surface area is 104 Å². The Morgan fingerprint density at radius 1 is 1.44 bits per heavy atom. The molecule has 1 amide bonds. The summed E-state index contributed by atoms with van der Waals surface area (Å²) in [5, 5.41) is 0. The summed E-state index contributed by atoms with van der Waals surface area (Å²) in [7, 11) is 1.41. The maximum absolute atomic E-state index is 11.8. The first-order valence-electron chi connectivity index (χ1n) is 5.60. The minimum atomic E-state index is -0.155. The van der Waals surface area contributed by atoms with Gasteiger partial charge in [-0.2, -0.15) is 0 Å². The maximum atomic E-state index is 11.8. The Kier molecular flexibility index (Phi) is 5.25. The third kappa shape index (κ3) is 3.20. The van der Waals surface area contributed by atoms with Crippen molar-refractivity contribution >= 4 is 27.8 Å². The molecule has 1 aliphatic rings. The van der Waals surface area contributed by atoms with Gasteiger partial charge in [0.1, 0.15) is 0 Å². The molecule has 1 rings (SSSR count). The summed E-state index contributed by atoms with van der Waals surface area (Å²) in [5.74, 6) is -0.0618. The van der Waals surface area contributed by atoms with Crippen molar-refractivity contribution in [3.8, 4) is 0 Å². The number of ether oxygens (including phenoxy) is 1. The van der Waals surface area contributed by atoms with Crippen molar-refractivity contribution in [3.05, 3.63) is 0 Å². The number of carbonyl (C=O) groups is 2. The minimum absolute atomic E-state index is 0.0375. The van der Waals surface area contributed by atoms with Crippen LogP contribution in [0.25, 0.3) is 0 Å². The van der Waals surface area contributed by atoms with E-state index in [0.29, 0.717) is 25.9 Å². The summed E-state index contributed by atoms with van der Waals surface area (Å²) < 4.78 is 4.70. The Balaban J connectivity index is 2.43. The second-order valence-corrected chi connectivity index (χ2v) is 5.10. The Morgan fingerprint density at radius 2 is 2.00 bits per heavy atom. The zero-order valence-electron chi connectivity index (χ0n) is 9.74. The smallest absolute Gasteiger partial charge is 0.308 e. The van der Waals surface area contributed by atoms with E-state index in [9.17, 15) is 9.59 Å². The summed E-state index contributed by atoms with van der Waals surface area (Å²) in [6.45, 7) is 3.28. The molecule has 0 spiro atoms. The van der Waals surface area contributed by atoms with E-state index in [2.05, 4.69) is 15.9 Å². The second-order valence-electron chi connectivity index (χ2n) is 4.00. The van der Waals surface area contributed by atoms with Crippen molar-refractivity contribution in [2.24, 2.45) is 5.92 Å². The molecule has 0 N–H and O–H groups in total. The molecule has 0 aromatic carbocycles. The first-order valence-corrected chi connectivity index (χ1v) is 6.52. The summed E-state index contributed by atoms with van der Waals surface area (Å²) in [6, 6.07) is 0. The highest BCUT2D eigenvalue weighted by Crippen LogP contribution is 2.20. The van der Waals surface area contributed by atoms with E-state index < -0.39 is 0 Å². The Bertz CT molecular complexity index is 262. The van der Waals surface area contributed by atoms with Gasteiger partial charge in [0.25, 0.3) is 0 Å². The summed E-state index contributed by atoms with van der Waals surface area (Å²) >= 11 is 3.35. The van der Waals surface area contributed by atoms with E-state index in [1.54, 1.807) is 0 Å². The molecule has 0 aromatic rings. The monoisotopic (exact) mass is 291 g/mol. The van der Waals surface area contributed by atoms with E-state index in [1.165, 1.54) is 7.11 Å². The van der Waals surface area contributed by atoms with Crippen LogP contribution in [0.3, 0.4) is 0 Å². The van der Waals surface area contributed by atoms with Gasteiger partial charge in [-0.3, -0.25) is 9.59 Å². The van der Waals surface area contributed by atoms with E-state index in [-0.39, 0.29) is 22.6 Å². The van der Waals surface area contributed by atoms with Crippen LogP contribution in [0.2, 0.25) is 0 Å². The van der Waals surface area contributed by atoms with Crippen LogP contribution >= 0.6 is 15.9 Å². The van der Waals surface area contributed by atoms with Gasteiger partial charge < -0.3 is 9.64 Å². The van der Waals surface area contributed by atoms with Gasteiger partial charge in [-0.25, -0.2) is 0 Å². The van der Waals surface area contributed by atoms with E-state index >= 15 is 0 Å². The molecule has 0 radical (unpaired) electrons. The molecule has 0 aliphatic carbocycles. The number of amides is 1. The van der Waals surface area contributed by atoms with Crippen molar-refractivity contribution in [1.82, 2.24) is 4.90 Å². The summed E-state index contributed by atoms with van der Waals surface area (Å²) in [4.78, 5) is 24.9. The van der Waals surface area contributed by atoms with Crippen LogP contribution in [0.5, 0.6) is 0 Å². The lowest BCUT2D eigenvalue weighted by Gasteiger charge is -2.31. The molecule has 0 bridgehead atoms. The van der Waals surface area contributed by atoms with Gasteiger partial charge in [-0.15, -0.1) is 0 Å². The van der Waals surface area contributed by atoms with Crippen LogP contribution in [-0.4, -0.2) is 41.8 Å². The number of methoxy groups -OCH3 is 1. The van der Waals surface area contributed by atoms with Gasteiger partial charge in [0, 0.05) is 13.1 Å². The van der Waals surface area contributed by atoms with Crippen molar-refractivity contribution in [1.29, 1.82) is 0 Å². The van der Waals surface area contributed by atoms with E-state index in [4.69, 9.17) is 4.74 Å². The van der Waals surface area contributed by atoms with E-state index in [0.717, 1.165) is 6.42 Å². The lowest BCUT2D eigenvalue weighted by molar-refractivity contribution is -0.148. The zero-order chi connectivity index (χ0) is 12.1. The molecule has 1 unspecified atom stereocenters. The number of likely N-dealkylation sites (tertiary alicyclic amines) is 1. The summed E-state index contributed by atoms with van der Waals surface area (Å²) in [5.41, 5.74) is 0. The van der Waals surface area contributed by atoms with E-state index in [1.807, 2.05) is 11.8 Å². The lowest BCUT2D eigenvalue weighted by Crippen LogP contribution is -2.43. The topological polar surface area (TPSA) is 46.6 Å². The largest absolute Gasteiger partial charge is 0.469 e. The first-order chi connectivity index (χ1) is 7.60. The van der Waals surface area contributed by atoms with Gasteiger partial charge >= 0.3 is 5.97 Å². The normalized spacial score (nSPS) is 19.3. The standard InChI is InChI=1S/C11H18BrNO3/c1-3-9(12)10(14)13-6-4-8(5-7-13)11(15)16-2/h8-9H,3-7H2,1-2H3. The first kappa shape index (κ1) is 13.5. The number of alkyl halides is 1. The van der Waals surface area contributed by atoms with Crippen LogP contribution < -0.4 is 0 Å². The molecular formula is C11H18BrNO3. The molecule has 1 saturated heterocycles. The minimum Gasteiger partial charge on any atom is -0.469 e. The molecule has 1 fully saturated rings. The molecule has 0 aromatic heterocycles. The van der Waals surface area contributed by atoms with Crippen LogP contribution in [0.15, 0.2) is 0 Å². The van der Waals surface area contributed by atoms with Crippen LogP contribution in [0.1, 0.15) is 26.2 Å². The summed E-state index contributed by atoms with van der Waals surface area (Å²) in [6.07, 6.45) is 2.21. The average Bonchev–Trinajstić information content (AvgIpc) is 2.36. The predicted molar refractivity (Wildman–Crippen MR) is 64.3 cm³/mol. The van der Waals surface area contributed by atoms with Crippen LogP contribution in [0, 0.1) is 5.92 Å². The number of halogens is 1. The SMILES string of the molecule is CCC(Br)C(=O)N1CCC(C(=O)OC)CC1. The Morgan fingerprint density at radius 3 is 2.44 bits per heavy atom. The fraction of sp³-hybridized carbons (Fsp3) is 0.818. The van der Waals surface area contributed by atoms with Crippen LogP contribution in [0.4, 0.5) is 0 Å². The predicted octanol–water partition coefficient (Wildman–Crippen LogP) is 1.57. The highest BCUT2D eigenvalue weighted by molar-refractivity contribution is 9.10. The van der Waals surface area contributed by atoms with Gasteiger partial charge in [0.2, 0.25) is 5.91 Å². The molecule has 4 nitrogen and oxygen atoms in total. The quantitative estimate of drug-likeness (QED) is 0.586. The lowest BCUT2D eigenvalue weighted by atomic mass is 9.97. The second kappa shape index (κ2) is 6.23. The molecule has 92 valence electrons. The third-order valence-electron chi connectivity index (χ3n) is 2.97. The maximum Gasteiger partial charge on any atom is 0.308 e. The third-order valence-corrected chi connectivity index (χ3v) is 4.01. The number of esters is 1. The number of piperidine rings is 1. The van der Waals surface area contributed by atoms with Gasteiger partial charge in [-0.1, -0.05) is 22.9 Å². The number of hydrogen-bond donors (Lipinski definition) is 0. The van der Waals surface area contributed by atoms with Gasteiger partial charge in [-0.05, 0) is 19.3 Å². The van der Waals surface area contributed by atoms with Crippen LogP contribution in [-0.2, 0) is 14.3 Å². The molecule has 1 heterocycles. The highest BCUT2D eigenvalue weighted by atomic mass is 79.9. The number of nitrogens with zero attached hydrogens (tertiary/aromatic N) is 1. The number of hydrogen-bond acceptors (Lipinski definition) is 3. The molecular weight excluding hydrogens is 274 g/mol. The molecule has 5 heteroatoms. The van der Waals surface area contributed by atoms with Crippen molar-refractivity contribution in [2.45, 2.75) is 31.0 Å². The fourth-order valence-corrected chi connectivity index (χ4v) is 2.16. The number of rotatable bonds is 3. The molecule has 16 heavy (non-hydrogen) atoms. The zero-order valence-corrected chi connectivity index (χ0v) is 11.3. The fourth-order valence-electron chi connectivity index (χ4n) is 1.87.